The van der Waals surface area contributed by atoms with Crippen LogP contribution in [0.3, 0.4) is 0 Å². The largest absolute Gasteiger partial charge is 0.467 e. The van der Waals surface area contributed by atoms with Crippen molar-refractivity contribution in [3.05, 3.63) is 102 Å². The number of hydrogen-bond acceptors (Lipinski definition) is 5. The van der Waals surface area contributed by atoms with Gasteiger partial charge in [-0.1, -0.05) is 67.6 Å². The molecule has 0 aliphatic heterocycles. The van der Waals surface area contributed by atoms with Crippen LogP contribution in [0.4, 0.5) is 5.69 Å². The van der Waals surface area contributed by atoms with Gasteiger partial charge in [0.05, 0.1) is 7.11 Å². The van der Waals surface area contributed by atoms with E-state index in [0.29, 0.717) is 5.56 Å². The number of carbonyl (C=O) groups is 3. The van der Waals surface area contributed by atoms with Gasteiger partial charge in [0.1, 0.15) is 12.1 Å². The van der Waals surface area contributed by atoms with Gasteiger partial charge in [0, 0.05) is 30.6 Å². The summed E-state index contributed by atoms with van der Waals surface area (Å²) < 4.78 is 4.96. The summed E-state index contributed by atoms with van der Waals surface area (Å²) in [6.07, 6.45) is 1.55. The van der Waals surface area contributed by atoms with E-state index in [-0.39, 0.29) is 18.7 Å². The Bertz CT molecular complexity index is 1120. The maximum Gasteiger partial charge on any atom is 0.328 e. The molecular weight excluding hydrogens is 454 g/mol. The van der Waals surface area contributed by atoms with Gasteiger partial charge >= 0.3 is 5.97 Å². The molecule has 0 aromatic heterocycles. The van der Waals surface area contributed by atoms with E-state index in [4.69, 9.17) is 4.74 Å². The molecule has 0 fully saturated rings. The number of ether oxygens (including phenoxy) is 1. The van der Waals surface area contributed by atoms with Crippen LogP contribution in [-0.2, 0) is 27.2 Å². The lowest BCUT2D eigenvalue weighted by Gasteiger charge is -2.23. The summed E-state index contributed by atoms with van der Waals surface area (Å²) in [7, 11) is 1.29. The molecule has 0 radical (unpaired) electrons. The fourth-order valence-corrected chi connectivity index (χ4v) is 3.76. The Morgan fingerprint density at radius 2 is 1.33 bits per heavy atom. The molecule has 3 N–H and O–H groups in total. The Kier molecular flexibility index (Phi) is 10.1. The molecule has 36 heavy (non-hydrogen) atoms. The van der Waals surface area contributed by atoms with Crippen molar-refractivity contribution in [3.63, 3.8) is 0 Å². The Morgan fingerprint density at radius 3 is 1.94 bits per heavy atom. The third-order valence-electron chi connectivity index (χ3n) is 5.72. The molecular formula is C29H33N3O4. The van der Waals surface area contributed by atoms with E-state index in [2.05, 4.69) is 22.9 Å². The van der Waals surface area contributed by atoms with Gasteiger partial charge < -0.3 is 20.7 Å². The number of anilines is 1. The number of hydrogen-bond donors (Lipinski definition) is 3. The van der Waals surface area contributed by atoms with Crippen LogP contribution in [0, 0.1) is 0 Å². The van der Waals surface area contributed by atoms with E-state index in [0.717, 1.165) is 29.8 Å². The van der Waals surface area contributed by atoms with Crippen LogP contribution in [0.15, 0.2) is 84.9 Å². The highest BCUT2D eigenvalue weighted by Crippen LogP contribution is 2.13. The lowest BCUT2D eigenvalue weighted by molar-refractivity contribution is -0.145. The summed E-state index contributed by atoms with van der Waals surface area (Å²) in [5.74, 6) is -1.37. The summed E-state index contributed by atoms with van der Waals surface area (Å²) >= 11 is 0. The predicted octanol–water partition coefficient (Wildman–Crippen LogP) is 3.75. The Balaban J connectivity index is 1.75. The van der Waals surface area contributed by atoms with Gasteiger partial charge in [-0.25, -0.2) is 4.79 Å². The highest BCUT2D eigenvalue weighted by Gasteiger charge is 2.28. The summed E-state index contributed by atoms with van der Waals surface area (Å²) in [5, 5.41) is 8.93. The molecule has 7 heteroatoms. The van der Waals surface area contributed by atoms with Gasteiger partial charge in [0.15, 0.2) is 0 Å². The third kappa shape index (κ3) is 7.98. The maximum atomic E-state index is 13.4. The lowest BCUT2D eigenvalue weighted by atomic mass is 10.0. The predicted molar refractivity (Wildman–Crippen MR) is 141 cm³/mol. The second kappa shape index (κ2) is 13.7. The van der Waals surface area contributed by atoms with E-state index < -0.39 is 24.0 Å². The zero-order chi connectivity index (χ0) is 25.8. The number of carbonyl (C=O) groups excluding carboxylic acids is 3. The second-order valence-corrected chi connectivity index (χ2v) is 8.49. The number of benzene rings is 3. The molecule has 3 aromatic rings. The Morgan fingerprint density at radius 1 is 0.750 bits per heavy atom. The van der Waals surface area contributed by atoms with Gasteiger partial charge in [-0.15, -0.1) is 0 Å². The van der Waals surface area contributed by atoms with Crippen molar-refractivity contribution in [2.45, 2.75) is 38.3 Å². The smallest absolute Gasteiger partial charge is 0.328 e. The topological polar surface area (TPSA) is 96.5 Å². The zero-order valence-electron chi connectivity index (χ0n) is 20.7. The first-order chi connectivity index (χ1) is 17.5. The monoisotopic (exact) mass is 487 g/mol. The summed E-state index contributed by atoms with van der Waals surface area (Å²) in [5.41, 5.74) is 3.20. The normalized spacial score (nSPS) is 12.2. The average molecular weight is 488 g/mol. The van der Waals surface area contributed by atoms with Crippen LogP contribution in [0.2, 0.25) is 0 Å². The first-order valence-electron chi connectivity index (χ1n) is 12.1. The van der Waals surface area contributed by atoms with E-state index in [1.54, 1.807) is 24.3 Å². The minimum absolute atomic E-state index is 0.261. The summed E-state index contributed by atoms with van der Waals surface area (Å²) in [6.45, 7) is 2.97. The molecule has 3 aromatic carbocycles. The molecule has 0 saturated heterocycles. The van der Waals surface area contributed by atoms with E-state index in [9.17, 15) is 14.4 Å². The molecule has 0 spiro atoms. The summed E-state index contributed by atoms with van der Waals surface area (Å²) in [6, 6.07) is 24.1. The van der Waals surface area contributed by atoms with E-state index in [1.165, 1.54) is 7.11 Å². The number of rotatable bonds is 12. The number of nitrogens with one attached hydrogen (secondary N) is 3. The van der Waals surface area contributed by atoms with Crippen molar-refractivity contribution in [3.8, 4) is 0 Å². The molecule has 0 unspecified atom stereocenters. The van der Waals surface area contributed by atoms with E-state index in [1.807, 2.05) is 60.7 Å². The van der Waals surface area contributed by atoms with Crippen LogP contribution < -0.4 is 16.0 Å². The Hall–Kier alpha value is -4.13. The fraction of sp³-hybridized carbons (Fsp3) is 0.276. The summed E-state index contributed by atoms with van der Waals surface area (Å²) in [4.78, 5) is 38.7. The van der Waals surface area contributed by atoms with Crippen LogP contribution >= 0.6 is 0 Å². The number of amides is 2. The third-order valence-corrected chi connectivity index (χ3v) is 5.72. The molecule has 7 nitrogen and oxygen atoms in total. The van der Waals surface area contributed by atoms with Crippen molar-refractivity contribution in [1.82, 2.24) is 10.6 Å². The van der Waals surface area contributed by atoms with Crippen LogP contribution in [0.25, 0.3) is 0 Å². The van der Waals surface area contributed by atoms with Crippen LogP contribution in [0.1, 0.15) is 34.8 Å². The molecule has 0 heterocycles. The van der Waals surface area contributed by atoms with Gasteiger partial charge in [-0.05, 0) is 41.8 Å². The van der Waals surface area contributed by atoms with Crippen molar-refractivity contribution in [1.29, 1.82) is 0 Å². The van der Waals surface area contributed by atoms with Crippen molar-refractivity contribution in [2.75, 3.05) is 19.0 Å². The molecule has 3 rings (SSSR count). The SMILES string of the molecule is CCCNc1ccc(C[C@H](NC(=O)[C@H](Cc2ccccc2)NC(=O)c2ccccc2)C(=O)OC)cc1. The number of methoxy groups -OCH3 is 1. The van der Waals surface area contributed by atoms with Gasteiger partial charge in [0.25, 0.3) is 5.91 Å². The maximum absolute atomic E-state index is 13.4. The lowest BCUT2D eigenvalue weighted by Crippen LogP contribution is -2.53. The average Bonchev–Trinajstić information content (AvgIpc) is 2.92. The van der Waals surface area contributed by atoms with Gasteiger partial charge in [-0.3, -0.25) is 9.59 Å². The number of esters is 1. The van der Waals surface area contributed by atoms with Crippen molar-refractivity contribution < 1.29 is 19.1 Å². The molecule has 0 saturated carbocycles. The minimum atomic E-state index is -0.899. The quantitative estimate of drug-likeness (QED) is 0.338. The molecule has 2 amide bonds. The zero-order valence-corrected chi connectivity index (χ0v) is 20.7. The van der Waals surface area contributed by atoms with Gasteiger partial charge in [-0.2, -0.15) is 0 Å². The standard InChI is InChI=1S/C29H33N3O4/c1-3-18-30-24-16-14-22(15-17-24)20-26(29(35)36-2)32-28(34)25(19-21-10-6-4-7-11-21)31-27(33)23-12-8-5-9-13-23/h4-17,25-26,30H,3,18-20H2,1-2H3,(H,31,33)(H,32,34)/t25-,26-/m0/s1. The molecule has 2 atom stereocenters. The van der Waals surface area contributed by atoms with Crippen LogP contribution in [-0.4, -0.2) is 43.5 Å². The highest BCUT2D eigenvalue weighted by atomic mass is 16.5. The van der Waals surface area contributed by atoms with E-state index >= 15 is 0 Å². The first kappa shape index (κ1) is 26.5. The Labute approximate surface area is 212 Å². The van der Waals surface area contributed by atoms with Gasteiger partial charge in [0.2, 0.25) is 5.91 Å². The molecule has 188 valence electrons. The molecule has 0 aliphatic carbocycles. The fourth-order valence-electron chi connectivity index (χ4n) is 3.76. The first-order valence-corrected chi connectivity index (χ1v) is 12.1. The molecule has 0 bridgehead atoms. The second-order valence-electron chi connectivity index (χ2n) is 8.49. The molecule has 0 aliphatic rings. The highest BCUT2D eigenvalue weighted by molar-refractivity contribution is 5.98. The minimum Gasteiger partial charge on any atom is -0.467 e. The van der Waals surface area contributed by atoms with Crippen molar-refractivity contribution in [2.24, 2.45) is 0 Å². The van der Waals surface area contributed by atoms with Crippen LogP contribution in [0.5, 0.6) is 0 Å². The van der Waals surface area contributed by atoms with Crippen molar-refractivity contribution >= 4 is 23.5 Å².